The molecule has 2 rings (SSSR count). The lowest BCUT2D eigenvalue weighted by molar-refractivity contribution is -0.127. The van der Waals surface area contributed by atoms with Gasteiger partial charge in [-0.3, -0.25) is 4.79 Å². The molecule has 1 aliphatic rings. The molecule has 0 aliphatic heterocycles. The maximum atomic E-state index is 12.8. The molecular weight excluding hydrogens is 251 g/mol. The van der Waals surface area contributed by atoms with E-state index in [0.29, 0.717) is 24.4 Å². The van der Waals surface area contributed by atoms with Crippen molar-refractivity contribution < 1.29 is 9.18 Å². The van der Waals surface area contributed by atoms with Crippen LogP contribution in [0.3, 0.4) is 0 Å². The van der Waals surface area contributed by atoms with Crippen LogP contribution in [0.25, 0.3) is 0 Å². The maximum Gasteiger partial charge on any atom is 0.237 e. The van der Waals surface area contributed by atoms with Crippen LogP contribution in [0.2, 0.25) is 0 Å². The molecule has 0 atom stereocenters. The summed E-state index contributed by atoms with van der Waals surface area (Å²) >= 11 is 5.00. The summed E-state index contributed by atoms with van der Waals surface area (Å²) in [4.78, 5) is 12.5. The van der Waals surface area contributed by atoms with E-state index in [1.807, 2.05) is 0 Å². The van der Waals surface area contributed by atoms with Crippen molar-refractivity contribution in [1.29, 1.82) is 0 Å². The molecule has 3 N–H and O–H groups in total. The second kappa shape index (κ2) is 4.65. The smallest absolute Gasteiger partial charge is 0.237 e. The molecule has 0 bridgehead atoms. The summed E-state index contributed by atoms with van der Waals surface area (Å²) in [5.41, 5.74) is 5.50. The third-order valence-corrected chi connectivity index (χ3v) is 3.79. The number of thiocarbonyl (C=S) groups is 1. The number of benzene rings is 1. The third-order valence-electron chi connectivity index (χ3n) is 3.40. The number of rotatable bonds is 3. The van der Waals surface area contributed by atoms with Crippen molar-refractivity contribution in [2.75, 3.05) is 5.32 Å². The van der Waals surface area contributed by atoms with Gasteiger partial charge in [0.1, 0.15) is 5.82 Å². The van der Waals surface area contributed by atoms with Crippen LogP contribution in [0.15, 0.2) is 24.3 Å². The Hall–Kier alpha value is -1.49. The molecule has 1 aromatic rings. The summed E-state index contributed by atoms with van der Waals surface area (Å²) in [5.74, 6) is -0.0838. The highest BCUT2D eigenvalue weighted by Gasteiger charge is 2.50. The van der Waals surface area contributed by atoms with Crippen LogP contribution in [0, 0.1) is 17.2 Å². The Morgan fingerprint density at radius 1 is 1.44 bits per heavy atom. The molecule has 1 saturated carbocycles. The van der Waals surface area contributed by atoms with E-state index in [-0.39, 0.29) is 16.7 Å². The van der Waals surface area contributed by atoms with Gasteiger partial charge in [0.25, 0.3) is 0 Å². The summed E-state index contributed by atoms with van der Waals surface area (Å²) in [6, 6.07) is 5.63. The van der Waals surface area contributed by atoms with Crippen molar-refractivity contribution in [2.24, 2.45) is 17.1 Å². The van der Waals surface area contributed by atoms with Crippen molar-refractivity contribution in [3.05, 3.63) is 30.1 Å². The average Bonchev–Trinajstić information content (AvgIpc) is 2.27. The fourth-order valence-corrected chi connectivity index (χ4v) is 2.67. The highest BCUT2D eigenvalue weighted by molar-refractivity contribution is 7.80. The van der Waals surface area contributed by atoms with Gasteiger partial charge in [0.15, 0.2) is 0 Å². The Morgan fingerprint density at radius 3 is 2.44 bits per heavy atom. The molecule has 1 amide bonds. The van der Waals surface area contributed by atoms with Crippen molar-refractivity contribution in [2.45, 2.75) is 19.8 Å². The van der Waals surface area contributed by atoms with Crippen LogP contribution in [-0.4, -0.2) is 10.9 Å². The zero-order valence-electron chi connectivity index (χ0n) is 10.1. The van der Waals surface area contributed by atoms with Gasteiger partial charge in [-0.1, -0.05) is 19.1 Å². The van der Waals surface area contributed by atoms with Crippen molar-refractivity contribution >= 4 is 28.8 Å². The van der Waals surface area contributed by atoms with E-state index < -0.39 is 5.41 Å². The first-order valence-corrected chi connectivity index (χ1v) is 6.22. The first-order valence-electron chi connectivity index (χ1n) is 5.81. The highest BCUT2D eigenvalue weighted by Crippen LogP contribution is 2.46. The Morgan fingerprint density at radius 2 is 2.00 bits per heavy atom. The molecule has 0 saturated heterocycles. The molecule has 0 spiro atoms. The zero-order valence-corrected chi connectivity index (χ0v) is 10.9. The predicted octanol–water partition coefficient (Wildman–Crippen LogP) is 2.47. The number of hydrogen-bond donors (Lipinski definition) is 2. The Balaban J connectivity index is 2.11. The molecule has 96 valence electrons. The number of carbonyl (C=O) groups excluding carboxylic acids is 1. The van der Waals surface area contributed by atoms with Crippen LogP contribution in [0.5, 0.6) is 0 Å². The van der Waals surface area contributed by atoms with Crippen molar-refractivity contribution in [1.82, 2.24) is 0 Å². The lowest BCUT2D eigenvalue weighted by Crippen LogP contribution is -2.53. The number of hydrogen-bond acceptors (Lipinski definition) is 2. The molecule has 1 aliphatic carbocycles. The second-order valence-corrected chi connectivity index (χ2v) is 5.36. The van der Waals surface area contributed by atoms with Gasteiger partial charge in [-0.2, -0.15) is 0 Å². The topological polar surface area (TPSA) is 55.1 Å². The molecule has 0 unspecified atom stereocenters. The predicted molar refractivity (Wildman–Crippen MR) is 72.6 cm³/mol. The average molecular weight is 266 g/mol. The fourth-order valence-electron chi connectivity index (χ4n) is 2.41. The van der Waals surface area contributed by atoms with E-state index in [1.54, 1.807) is 0 Å². The molecule has 1 fully saturated rings. The van der Waals surface area contributed by atoms with Crippen LogP contribution in [-0.2, 0) is 4.79 Å². The number of nitrogens with two attached hydrogens (primary N) is 1. The molecule has 0 radical (unpaired) electrons. The van der Waals surface area contributed by atoms with Crippen LogP contribution in [0.4, 0.5) is 10.1 Å². The Kier molecular flexibility index (Phi) is 3.34. The van der Waals surface area contributed by atoms with E-state index in [9.17, 15) is 9.18 Å². The largest absolute Gasteiger partial charge is 0.392 e. The van der Waals surface area contributed by atoms with Crippen molar-refractivity contribution in [3.63, 3.8) is 0 Å². The summed E-state index contributed by atoms with van der Waals surface area (Å²) in [6.07, 6.45) is 1.35. The summed E-state index contributed by atoms with van der Waals surface area (Å²) < 4.78 is 12.8. The van der Waals surface area contributed by atoms with Gasteiger partial charge in [-0.25, -0.2) is 4.39 Å². The lowest BCUT2D eigenvalue weighted by atomic mass is 9.62. The van der Waals surface area contributed by atoms with Gasteiger partial charge in [-0.05, 0) is 43.0 Å². The van der Waals surface area contributed by atoms with Gasteiger partial charge in [0, 0.05) is 5.69 Å². The van der Waals surface area contributed by atoms with Crippen molar-refractivity contribution in [3.8, 4) is 0 Å². The molecule has 5 heteroatoms. The summed E-state index contributed by atoms with van der Waals surface area (Å²) in [6.45, 7) is 2.06. The molecule has 3 nitrogen and oxygen atoms in total. The van der Waals surface area contributed by atoms with E-state index in [2.05, 4.69) is 12.2 Å². The molecule has 1 aromatic carbocycles. The number of halogens is 1. The molecule has 0 heterocycles. The van der Waals surface area contributed by atoms with Gasteiger partial charge >= 0.3 is 0 Å². The summed E-state index contributed by atoms with van der Waals surface area (Å²) in [5, 5.41) is 2.74. The minimum Gasteiger partial charge on any atom is -0.392 e. The number of anilines is 1. The Bertz CT molecular complexity index is 480. The van der Waals surface area contributed by atoms with Crippen LogP contribution >= 0.6 is 12.2 Å². The highest BCUT2D eigenvalue weighted by atomic mass is 32.1. The minimum atomic E-state index is -0.733. The molecule has 18 heavy (non-hydrogen) atoms. The number of amides is 1. The first kappa shape index (κ1) is 13.0. The monoisotopic (exact) mass is 266 g/mol. The Labute approximate surface area is 111 Å². The number of nitrogens with one attached hydrogen (secondary N) is 1. The van der Waals surface area contributed by atoms with Gasteiger partial charge in [0.05, 0.1) is 10.4 Å². The third kappa shape index (κ3) is 2.22. The molecule has 0 aromatic heterocycles. The van der Waals surface area contributed by atoms with Crippen LogP contribution < -0.4 is 11.1 Å². The van der Waals surface area contributed by atoms with Gasteiger partial charge < -0.3 is 11.1 Å². The lowest BCUT2D eigenvalue weighted by Gasteiger charge is -2.44. The molecular formula is C13H15FN2OS. The van der Waals surface area contributed by atoms with E-state index in [0.717, 1.165) is 0 Å². The summed E-state index contributed by atoms with van der Waals surface area (Å²) in [7, 11) is 0. The van der Waals surface area contributed by atoms with E-state index >= 15 is 0 Å². The maximum absolute atomic E-state index is 12.8. The normalized spacial score (nSPS) is 26.2. The SMILES string of the molecule is CC1CC(C(=O)Nc2ccc(F)cc2)(C(N)=S)C1. The standard InChI is InChI=1S/C13H15FN2OS/c1-8-6-13(7-8,11(15)18)12(17)16-10-4-2-9(14)3-5-10/h2-5,8H,6-7H2,1H3,(H2,15,18)(H,16,17). The van der Waals surface area contributed by atoms with E-state index in [4.69, 9.17) is 18.0 Å². The zero-order chi connectivity index (χ0) is 13.3. The van der Waals surface area contributed by atoms with Crippen LogP contribution in [0.1, 0.15) is 19.8 Å². The number of carbonyl (C=O) groups is 1. The van der Waals surface area contributed by atoms with Gasteiger partial charge in [-0.15, -0.1) is 0 Å². The minimum absolute atomic E-state index is 0.195. The van der Waals surface area contributed by atoms with E-state index in [1.165, 1.54) is 24.3 Å². The fraction of sp³-hybridized carbons (Fsp3) is 0.385. The second-order valence-electron chi connectivity index (χ2n) is 4.92. The quantitative estimate of drug-likeness (QED) is 0.826. The van der Waals surface area contributed by atoms with Gasteiger partial charge in [0.2, 0.25) is 5.91 Å². The first-order chi connectivity index (χ1) is 8.44.